The van der Waals surface area contributed by atoms with Gasteiger partial charge in [0.05, 0.1) is 19.2 Å². The Morgan fingerprint density at radius 2 is 1.90 bits per heavy atom. The van der Waals surface area contributed by atoms with Crippen molar-refractivity contribution in [1.29, 1.82) is 0 Å². The van der Waals surface area contributed by atoms with Crippen molar-refractivity contribution in [2.75, 3.05) is 19.5 Å². The fraction of sp³-hybridized carbons (Fsp3) is 0.250. The molecule has 0 saturated heterocycles. The van der Waals surface area contributed by atoms with Crippen LogP contribution in [0.15, 0.2) is 34.8 Å². The van der Waals surface area contributed by atoms with Crippen molar-refractivity contribution < 1.29 is 9.47 Å². The third-order valence-corrected chi connectivity index (χ3v) is 4.26. The van der Waals surface area contributed by atoms with Gasteiger partial charge in [0.1, 0.15) is 0 Å². The summed E-state index contributed by atoms with van der Waals surface area (Å²) in [5, 5.41) is 3.94. The highest BCUT2D eigenvalue weighted by molar-refractivity contribution is 9.10. The van der Waals surface area contributed by atoms with E-state index in [0.29, 0.717) is 23.1 Å². The van der Waals surface area contributed by atoms with Gasteiger partial charge >= 0.3 is 0 Å². The van der Waals surface area contributed by atoms with Crippen LogP contribution in [0.25, 0.3) is 0 Å². The van der Waals surface area contributed by atoms with Crippen molar-refractivity contribution in [2.45, 2.75) is 13.5 Å². The largest absolute Gasteiger partial charge is 0.493 e. The summed E-state index contributed by atoms with van der Waals surface area (Å²) in [6, 6.07) is 9.94. The molecule has 0 fully saturated rings. The number of aryl methyl sites for hydroxylation is 1. The van der Waals surface area contributed by atoms with Crippen molar-refractivity contribution in [1.82, 2.24) is 0 Å². The molecular formula is C16H17BrClNO2. The molecule has 112 valence electrons. The molecule has 0 bridgehead atoms. The lowest BCUT2D eigenvalue weighted by Crippen LogP contribution is -2.02. The lowest BCUT2D eigenvalue weighted by atomic mass is 10.1. The van der Waals surface area contributed by atoms with E-state index in [-0.39, 0.29) is 0 Å². The van der Waals surface area contributed by atoms with Gasteiger partial charge in [-0.1, -0.05) is 23.7 Å². The van der Waals surface area contributed by atoms with Crippen LogP contribution in [0.2, 0.25) is 5.02 Å². The molecule has 0 heterocycles. The molecule has 0 amide bonds. The maximum absolute atomic E-state index is 6.37. The third kappa shape index (κ3) is 3.63. The van der Waals surface area contributed by atoms with E-state index in [0.717, 1.165) is 15.7 Å². The Hall–Kier alpha value is -1.39. The first-order valence-electron chi connectivity index (χ1n) is 6.46. The molecule has 0 spiro atoms. The number of nitrogens with one attached hydrogen (secondary N) is 1. The molecule has 1 N–H and O–H groups in total. The Morgan fingerprint density at radius 3 is 2.57 bits per heavy atom. The van der Waals surface area contributed by atoms with Gasteiger partial charge < -0.3 is 14.8 Å². The summed E-state index contributed by atoms with van der Waals surface area (Å²) < 4.78 is 11.6. The van der Waals surface area contributed by atoms with Gasteiger partial charge in [0, 0.05) is 16.7 Å². The van der Waals surface area contributed by atoms with E-state index in [1.807, 2.05) is 18.2 Å². The lowest BCUT2D eigenvalue weighted by Gasteiger charge is -2.14. The first kappa shape index (κ1) is 16.0. The van der Waals surface area contributed by atoms with Crippen molar-refractivity contribution in [3.63, 3.8) is 0 Å². The maximum Gasteiger partial charge on any atom is 0.179 e. The number of methoxy groups -OCH3 is 2. The van der Waals surface area contributed by atoms with Crippen molar-refractivity contribution in [2.24, 2.45) is 0 Å². The summed E-state index contributed by atoms with van der Waals surface area (Å²) in [6.45, 7) is 2.66. The van der Waals surface area contributed by atoms with Crippen LogP contribution in [0.5, 0.6) is 11.5 Å². The molecule has 0 radical (unpaired) electrons. The summed E-state index contributed by atoms with van der Waals surface area (Å²) >= 11 is 9.91. The van der Waals surface area contributed by atoms with Crippen molar-refractivity contribution in [3.05, 3.63) is 51.0 Å². The number of rotatable bonds is 5. The van der Waals surface area contributed by atoms with Crippen LogP contribution in [-0.4, -0.2) is 14.2 Å². The number of anilines is 1. The third-order valence-electron chi connectivity index (χ3n) is 3.16. The van der Waals surface area contributed by atoms with Crippen molar-refractivity contribution >= 4 is 33.2 Å². The molecule has 0 aliphatic heterocycles. The summed E-state index contributed by atoms with van der Waals surface area (Å²) in [7, 11) is 3.17. The molecule has 0 unspecified atom stereocenters. The number of hydrogen-bond donors (Lipinski definition) is 1. The zero-order valence-corrected chi connectivity index (χ0v) is 14.5. The average Bonchev–Trinajstić information content (AvgIpc) is 2.48. The Kier molecular flexibility index (Phi) is 5.37. The SMILES string of the molecule is COc1ccc(CNc2cc(C)ccc2Br)c(Cl)c1OC. The Morgan fingerprint density at radius 1 is 1.14 bits per heavy atom. The van der Waals surface area contributed by atoms with Gasteiger partial charge in [-0.2, -0.15) is 0 Å². The molecule has 2 aromatic rings. The standard InChI is InChI=1S/C16H17BrClNO2/c1-10-4-6-12(17)13(8-10)19-9-11-5-7-14(20-2)16(21-3)15(11)18/h4-8,19H,9H2,1-3H3. The van der Waals surface area contributed by atoms with E-state index in [4.69, 9.17) is 21.1 Å². The molecular weight excluding hydrogens is 354 g/mol. The highest BCUT2D eigenvalue weighted by Gasteiger charge is 2.13. The average molecular weight is 371 g/mol. The Bertz CT molecular complexity index is 646. The fourth-order valence-corrected chi connectivity index (χ4v) is 2.72. The molecule has 3 nitrogen and oxygen atoms in total. The minimum atomic E-state index is 0.557. The molecule has 5 heteroatoms. The minimum Gasteiger partial charge on any atom is -0.493 e. The first-order valence-corrected chi connectivity index (χ1v) is 7.63. The van der Waals surface area contributed by atoms with Gasteiger partial charge in [-0.05, 0) is 52.2 Å². The normalized spacial score (nSPS) is 10.3. The van der Waals surface area contributed by atoms with Gasteiger partial charge in [0.2, 0.25) is 0 Å². The van der Waals surface area contributed by atoms with Crippen molar-refractivity contribution in [3.8, 4) is 11.5 Å². The summed E-state index contributed by atoms with van der Waals surface area (Å²) in [6.07, 6.45) is 0. The molecule has 2 rings (SSSR count). The van der Waals surface area contributed by atoms with Gasteiger partial charge in [0.25, 0.3) is 0 Å². The van der Waals surface area contributed by atoms with E-state index in [2.05, 4.69) is 40.3 Å². The van der Waals surface area contributed by atoms with Crippen LogP contribution < -0.4 is 14.8 Å². The predicted octanol–water partition coefficient (Wildman–Crippen LogP) is 5.04. The molecule has 0 atom stereocenters. The monoisotopic (exact) mass is 369 g/mol. The predicted molar refractivity (Wildman–Crippen MR) is 90.8 cm³/mol. The topological polar surface area (TPSA) is 30.5 Å². The quantitative estimate of drug-likeness (QED) is 0.800. The van der Waals surface area contributed by atoms with Gasteiger partial charge in [-0.25, -0.2) is 0 Å². The Labute approximate surface area is 138 Å². The lowest BCUT2D eigenvalue weighted by molar-refractivity contribution is 0.355. The smallest absolute Gasteiger partial charge is 0.179 e. The summed E-state index contributed by atoms with van der Waals surface area (Å²) in [4.78, 5) is 0. The van der Waals surface area contributed by atoms with E-state index in [1.165, 1.54) is 5.56 Å². The Balaban J connectivity index is 2.22. The number of hydrogen-bond acceptors (Lipinski definition) is 3. The number of ether oxygens (including phenoxy) is 2. The zero-order valence-electron chi connectivity index (χ0n) is 12.2. The zero-order chi connectivity index (χ0) is 15.4. The highest BCUT2D eigenvalue weighted by atomic mass is 79.9. The fourth-order valence-electron chi connectivity index (χ4n) is 2.03. The van der Waals surface area contributed by atoms with Gasteiger partial charge in [-0.15, -0.1) is 0 Å². The van der Waals surface area contributed by atoms with E-state index in [9.17, 15) is 0 Å². The maximum atomic E-state index is 6.37. The van der Waals surface area contributed by atoms with Gasteiger partial charge in [-0.3, -0.25) is 0 Å². The van der Waals surface area contributed by atoms with Gasteiger partial charge in [0.15, 0.2) is 11.5 Å². The van der Waals surface area contributed by atoms with Crippen LogP contribution in [-0.2, 0) is 6.54 Å². The molecule has 21 heavy (non-hydrogen) atoms. The minimum absolute atomic E-state index is 0.557. The van der Waals surface area contributed by atoms with E-state index in [1.54, 1.807) is 14.2 Å². The second-order valence-corrected chi connectivity index (χ2v) is 5.84. The van der Waals surface area contributed by atoms with Crippen LogP contribution in [0.1, 0.15) is 11.1 Å². The number of benzene rings is 2. The number of halogens is 2. The van der Waals surface area contributed by atoms with Crippen LogP contribution in [0, 0.1) is 6.92 Å². The first-order chi connectivity index (χ1) is 10.1. The molecule has 0 saturated carbocycles. The van der Waals surface area contributed by atoms with Crippen LogP contribution in [0.4, 0.5) is 5.69 Å². The van der Waals surface area contributed by atoms with Crippen LogP contribution in [0.3, 0.4) is 0 Å². The molecule has 0 aliphatic carbocycles. The molecule has 2 aromatic carbocycles. The van der Waals surface area contributed by atoms with Crippen LogP contribution >= 0.6 is 27.5 Å². The summed E-state index contributed by atoms with van der Waals surface area (Å²) in [5.74, 6) is 1.18. The molecule has 0 aromatic heterocycles. The molecule has 0 aliphatic rings. The summed E-state index contributed by atoms with van der Waals surface area (Å²) in [5.41, 5.74) is 3.17. The van der Waals surface area contributed by atoms with E-state index < -0.39 is 0 Å². The second-order valence-electron chi connectivity index (χ2n) is 4.61. The second kappa shape index (κ2) is 7.05. The van der Waals surface area contributed by atoms with E-state index >= 15 is 0 Å². The highest BCUT2D eigenvalue weighted by Crippen LogP contribution is 2.37.